The van der Waals surface area contributed by atoms with E-state index in [-0.39, 0.29) is 5.56 Å². The molecule has 0 saturated carbocycles. The molecule has 1 aromatic rings. The lowest BCUT2D eigenvalue weighted by atomic mass is 10.4. The molecule has 11 heavy (non-hydrogen) atoms. The highest BCUT2D eigenvalue weighted by atomic mass is 16.3. The van der Waals surface area contributed by atoms with Crippen molar-refractivity contribution in [1.82, 2.24) is 15.0 Å². The summed E-state index contributed by atoms with van der Waals surface area (Å²) in [6, 6.07) is 0. The summed E-state index contributed by atoms with van der Waals surface area (Å²) in [6.07, 6.45) is 1.16. The molecular weight excluding hydrogens is 150 g/mol. The maximum Gasteiger partial charge on any atom is 0.277 e. The summed E-state index contributed by atoms with van der Waals surface area (Å²) in [7, 11) is 0. The molecule has 0 aliphatic carbocycles. The maximum atomic E-state index is 11.0. The van der Waals surface area contributed by atoms with Crippen molar-refractivity contribution in [1.29, 1.82) is 0 Å². The van der Waals surface area contributed by atoms with Gasteiger partial charge in [-0.15, -0.1) is 5.10 Å². The van der Waals surface area contributed by atoms with Crippen molar-refractivity contribution < 1.29 is 10.2 Å². The second kappa shape index (κ2) is 3.22. The zero-order chi connectivity index (χ0) is 8.27. The van der Waals surface area contributed by atoms with Gasteiger partial charge in [0.1, 0.15) is 6.73 Å². The second-order valence-electron chi connectivity index (χ2n) is 1.86. The first kappa shape index (κ1) is 7.83. The third-order valence-electron chi connectivity index (χ3n) is 1.19. The quantitative estimate of drug-likeness (QED) is 0.522. The van der Waals surface area contributed by atoms with Crippen LogP contribution >= 0.6 is 0 Å². The van der Waals surface area contributed by atoms with Gasteiger partial charge in [-0.25, -0.2) is 0 Å². The molecule has 0 aliphatic rings. The van der Waals surface area contributed by atoms with E-state index in [1.807, 2.05) is 0 Å². The number of nitrogens with zero attached hydrogens (tertiary/aromatic N) is 3. The Balaban J connectivity index is 3.21. The molecule has 1 rings (SSSR count). The molecule has 1 heterocycles. The molecule has 6 nitrogen and oxygen atoms in total. The molecule has 0 spiro atoms. The topological polar surface area (TPSA) is 88.2 Å². The minimum Gasteiger partial charge on any atom is -0.391 e. The van der Waals surface area contributed by atoms with Gasteiger partial charge in [-0.2, -0.15) is 4.68 Å². The van der Waals surface area contributed by atoms with E-state index in [0.29, 0.717) is 0 Å². The van der Waals surface area contributed by atoms with Crippen LogP contribution in [0, 0.1) is 0 Å². The number of aromatic nitrogens is 3. The SMILES string of the molecule is O=c1c(CO)cnnn1CO. The van der Waals surface area contributed by atoms with Crippen molar-refractivity contribution >= 4 is 0 Å². The molecule has 1 aromatic heterocycles. The first-order valence-corrected chi connectivity index (χ1v) is 2.93. The molecule has 0 saturated heterocycles. The summed E-state index contributed by atoms with van der Waals surface area (Å²) in [6.45, 7) is -0.923. The fraction of sp³-hybridized carbons (Fsp3) is 0.400. The highest BCUT2D eigenvalue weighted by Crippen LogP contribution is 1.83. The predicted octanol–water partition coefficient (Wildman–Crippen LogP) is -1.92. The number of rotatable bonds is 2. The van der Waals surface area contributed by atoms with Crippen LogP contribution in [0.3, 0.4) is 0 Å². The number of hydrogen-bond donors (Lipinski definition) is 2. The minimum absolute atomic E-state index is 0.119. The van der Waals surface area contributed by atoms with Crippen LogP contribution in [0.2, 0.25) is 0 Å². The molecule has 0 bridgehead atoms. The molecule has 0 amide bonds. The van der Waals surface area contributed by atoms with Crippen LogP contribution in [0.4, 0.5) is 0 Å². The van der Waals surface area contributed by atoms with Crippen molar-refractivity contribution in [2.24, 2.45) is 0 Å². The first-order chi connectivity index (χ1) is 5.29. The molecule has 6 heteroatoms. The third-order valence-corrected chi connectivity index (χ3v) is 1.19. The first-order valence-electron chi connectivity index (χ1n) is 2.93. The Morgan fingerprint density at radius 3 is 2.82 bits per heavy atom. The van der Waals surface area contributed by atoms with Gasteiger partial charge >= 0.3 is 0 Å². The molecular formula is C5H7N3O3. The monoisotopic (exact) mass is 157 g/mol. The van der Waals surface area contributed by atoms with Crippen LogP contribution < -0.4 is 5.56 Å². The van der Waals surface area contributed by atoms with Crippen LogP contribution in [0.5, 0.6) is 0 Å². The van der Waals surface area contributed by atoms with E-state index in [4.69, 9.17) is 10.2 Å². The van der Waals surface area contributed by atoms with Gasteiger partial charge in [0, 0.05) is 0 Å². The predicted molar refractivity (Wildman–Crippen MR) is 34.4 cm³/mol. The summed E-state index contributed by atoms with van der Waals surface area (Å²) in [5, 5.41) is 23.8. The van der Waals surface area contributed by atoms with Gasteiger partial charge in [0.25, 0.3) is 5.56 Å². The highest BCUT2D eigenvalue weighted by molar-refractivity contribution is 4.99. The van der Waals surface area contributed by atoms with Gasteiger partial charge < -0.3 is 10.2 Å². The summed E-state index contributed by atoms with van der Waals surface area (Å²) in [5.74, 6) is 0. The maximum absolute atomic E-state index is 11.0. The molecule has 0 radical (unpaired) electrons. The van der Waals surface area contributed by atoms with Gasteiger partial charge in [0.2, 0.25) is 0 Å². The lowest BCUT2D eigenvalue weighted by molar-refractivity contribution is 0.181. The normalized spacial score (nSPS) is 10.0. The van der Waals surface area contributed by atoms with Crippen molar-refractivity contribution in [2.75, 3.05) is 0 Å². The van der Waals surface area contributed by atoms with Crippen LogP contribution in [0.1, 0.15) is 5.56 Å². The molecule has 60 valence electrons. The fourth-order valence-corrected chi connectivity index (χ4v) is 0.620. The zero-order valence-electron chi connectivity index (χ0n) is 5.64. The van der Waals surface area contributed by atoms with Crippen LogP contribution in [-0.4, -0.2) is 25.2 Å². The molecule has 0 aromatic carbocycles. The lowest BCUT2D eigenvalue weighted by Crippen LogP contribution is -2.27. The van der Waals surface area contributed by atoms with E-state index in [9.17, 15) is 4.79 Å². The lowest BCUT2D eigenvalue weighted by Gasteiger charge is -1.98. The van der Waals surface area contributed by atoms with Gasteiger partial charge in [-0.3, -0.25) is 4.79 Å². The van der Waals surface area contributed by atoms with Crippen molar-refractivity contribution in [3.63, 3.8) is 0 Å². The average Bonchev–Trinajstić information content (AvgIpc) is 2.05. The van der Waals surface area contributed by atoms with E-state index < -0.39 is 18.9 Å². The van der Waals surface area contributed by atoms with Gasteiger partial charge in [-0.05, 0) is 0 Å². The molecule has 0 fully saturated rings. The Bertz CT molecular complexity index is 270. The Morgan fingerprint density at radius 2 is 2.27 bits per heavy atom. The number of aliphatic hydroxyl groups is 2. The van der Waals surface area contributed by atoms with E-state index in [1.54, 1.807) is 0 Å². The molecule has 0 atom stereocenters. The zero-order valence-corrected chi connectivity index (χ0v) is 5.64. The van der Waals surface area contributed by atoms with Gasteiger partial charge in [0.15, 0.2) is 0 Å². The molecule has 0 aliphatic heterocycles. The molecule has 2 N–H and O–H groups in total. The van der Waals surface area contributed by atoms with E-state index in [0.717, 1.165) is 10.9 Å². The van der Waals surface area contributed by atoms with Crippen LogP contribution in [0.25, 0.3) is 0 Å². The number of hydrogen-bond acceptors (Lipinski definition) is 5. The Labute approximate surface area is 61.7 Å². The number of aliphatic hydroxyl groups excluding tert-OH is 2. The smallest absolute Gasteiger partial charge is 0.277 e. The summed E-state index contributed by atoms with van der Waals surface area (Å²) < 4.78 is 0.756. The third kappa shape index (κ3) is 1.41. The van der Waals surface area contributed by atoms with Crippen LogP contribution in [0.15, 0.2) is 11.0 Å². The van der Waals surface area contributed by atoms with E-state index in [1.165, 1.54) is 0 Å². The summed E-state index contributed by atoms with van der Waals surface area (Å²) in [4.78, 5) is 11.0. The van der Waals surface area contributed by atoms with Gasteiger partial charge in [-0.1, -0.05) is 5.21 Å². The fourth-order valence-electron chi connectivity index (χ4n) is 0.620. The van der Waals surface area contributed by atoms with E-state index >= 15 is 0 Å². The Hall–Kier alpha value is -1.27. The summed E-state index contributed by atoms with van der Waals surface area (Å²) in [5.41, 5.74) is -0.404. The average molecular weight is 157 g/mol. The second-order valence-corrected chi connectivity index (χ2v) is 1.86. The van der Waals surface area contributed by atoms with Crippen molar-refractivity contribution in [3.8, 4) is 0 Å². The Kier molecular flexibility index (Phi) is 2.29. The standard InChI is InChI=1S/C5H7N3O3/c9-2-4-1-6-7-8(3-10)5(4)11/h1,9-10H,2-3H2. The van der Waals surface area contributed by atoms with Gasteiger partial charge in [0.05, 0.1) is 18.4 Å². The summed E-state index contributed by atoms with van der Waals surface area (Å²) >= 11 is 0. The van der Waals surface area contributed by atoms with Crippen molar-refractivity contribution in [2.45, 2.75) is 13.3 Å². The largest absolute Gasteiger partial charge is 0.391 e. The van der Waals surface area contributed by atoms with E-state index in [2.05, 4.69) is 10.3 Å². The Morgan fingerprint density at radius 1 is 1.55 bits per heavy atom. The van der Waals surface area contributed by atoms with Crippen LogP contribution in [-0.2, 0) is 13.3 Å². The molecule has 0 unspecified atom stereocenters. The van der Waals surface area contributed by atoms with Crippen molar-refractivity contribution in [3.05, 3.63) is 22.1 Å². The highest BCUT2D eigenvalue weighted by Gasteiger charge is 2.01. The minimum atomic E-state index is -0.528.